The molecule has 4 aromatic carbocycles. The van der Waals surface area contributed by atoms with E-state index >= 15 is 0 Å². The van der Waals surface area contributed by atoms with Gasteiger partial charge in [-0.3, -0.25) is 13.9 Å². The predicted molar refractivity (Wildman–Crippen MR) is 190 cm³/mol. The van der Waals surface area contributed by atoms with Gasteiger partial charge in [0, 0.05) is 35.1 Å². The summed E-state index contributed by atoms with van der Waals surface area (Å²) in [5.74, 6) is -0.982. The van der Waals surface area contributed by atoms with E-state index in [4.69, 9.17) is 32.7 Å². The van der Waals surface area contributed by atoms with Gasteiger partial charge in [0.15, 0.2) is 11.5 Å². The van der Waals surface area contributed by atoms with Gasteiger partial charge in [-0.2, -0.15) is 0 Å². The highest BCUT2D eigenvalue weighted by Gasteiger charge is 2.36. The summed E-state index contributed by atoms with van der Waals surface area (Å²) < 4.78 is 55.0. The monoisotopic (exact) mass is 739 g/mol. The summed E-state index contributed by atoms with van der Waals surface area (Å²) in [5, 5.41) is 3.81. The fraction of sp³-hybridized carbons (Fsp3) is 0.297. The van der Waals surface area contributed by atoms with Gasteiger partial charge in [-0.15, -0.1) is 0 Å². The van der Waals surface area contributed by atoms with Gasteiger partial charge in [-0.25, -0.2) is 12.8 Å². The minimum Gasteiger partial charge on any atom is -0.486 e. The van der Waals surface area contributed by atoms with Crippen molar-refractivity contribution in [1.82, 2.24) is 10.2 Å². The Balaban J connectivity index is 1.41. The van der Waals surface area contributed by atoms with Crippen molar-refractivity contribution in [3.63, 3.8) is 0 Å². The van der Waals surface area contributed by atoms with Crippen molar-refractivity contribution >= 4 is 50.7 Å². The van der Waals surface area contributed by atoms with Crippen molar-refractivity contribution in [2.45, 2.75) is 55.6 Å². The Hall–Kier alpha value is -4.32. The highest BCUT2D eigenvalue weighted by molar-refractivity contribution is 7.92. The van der Waals surface area contributed by atoms with Crippen molar-refractivity contribution in [3.05, 3.63) is 118 Å². The van der Waals surface area contributed by atoms with Gasteiger partial charge in [-0.1, -0.05) is 72.4 Å². The molecule has 1 aliphatic heterocycles. The van der Waals surface area contributed by atoms with Crippen molar-refractivity contribution in [1.29, 1.82) is 0 Å². The quantitative estimate of drug-likeness (QED) is 0.172. The Labute approximate surface area is 300 Å². The lowest BCUT2D eigenvalue weighted by atomic mass is 10.0. The van der Waals surface area contributed by atoms with Crippen molar-refractivity contribution in [2.24, 2.45) is 0 Å². The first-order chi connectivity index (χ1) is 24.1. The Morgan fingerprint density at radius 3 is 2.28 bits per heavy atom. The molecule has 0 spiro atoms. The summed E-state index contributed by atoms with van der Waals surface area (Å²) in [7, 11) is -4.46. The minimum absolute atomic E-state index is 0.0388. The van der Waals surface area contributed by atoms with Crippen molar-refractivity contribution in [2.75, 3.05) is 24.1 Å². The SMILES string of the molecule is O=C(NC1CCCC1)C(Cc1ccccc1)N(Cc1ccc(Cl)cc1Cl)C(=O)CN(c1ccc(F)cc1)S(=O)(=O)c1ccc2c(c1)OCCO2. The molecular formula is C37H36Cl2FN3O6S. The van der Waals surface area contributed by atoms with Gasteiger partial charge in [0.25, 0.3) is 10.0 Å². The van der Waals surface area contributed by atoms with Crippen LogP contribution in [0, 0.1) is 5.82 Å². The van der Waals surface area contributed by atoms with E-state index in [-0.39, 0.29) is 52.9 Å². The summed E-state index contributed by atoms with van der Waals surface area (Å²) in [6.45, 7) is -0.271. The van der Waals surface area contributed by atoms with E-state index < -0.39 is 34.3 Å². The van der Waals surface area contributed by atoms with Crippen molar-refractivity contribution < 1.29 is 31.9 Å². The molecule has 1 N–H and O–H groups in total. The molecule has 0 saturated heterocycles. The van der Waals surface area contributed by atoms with Crippen LogP contribution in [-0.2, 0) is 32.6 Å². The van der Waals surface area contributed by atoms with E-state index in [9.17, 15) is 22.4 Å². The lowest BCUT2D eigenvalue weighted by molar-refractivity contribution is -0.140. The maximum atomic E-state index is 14.7. The number of hydrogen-bond acceptors (Lipinski definition) is 6. The maximum absolute atomic E-state index is 14.7. The molecule has 1 aliphatic carbocycles. The van der Waals surface area contributed by atoms with Crippen molar-refractivity contribution in [3.8, 4) is 11.5 Å². The van der Waals surface area contributed by atoms with Crippen LogP contribution in [0.25, 0.3) is 0 Å². The summed E-state index contributed by atoms with van der Waals surface area (Å²) >= 11 is 12.8. The zero-order valence-electron chi connectivity index (χ0n) is 27.1. The zero-order valence-corrected chi connectivity index (χ0v) is 29.4. The van der Waals surface area contributed by atoms with Crippen LogP contribution in [0.4, 0.5) is 10.1 Å². The van der Waals surface area contributed by atoms with E-state index in [1.165, 1.54) is 35.2 Å². The number of anilines is 1. The van der Waals surface area contributed by atoms with Gasteiger partial charge < -0.3 is 19.7 Å². The highest BCUT2D eigenvalue weighted by Crippen LogP contribution is 2.35. The van der Waals surface area contributed by atoms with Crippen LogP contribution in [0.5, 0.6) is 11.5 Å². The smallest absolute Gasteiger partial charge is 0.264 e. The molecule has 1 unspecified atom stereocenters. The molecule has 2 aliphatic rings. The lowest BCUT2D eigenvalue weighted by Crippen LogP contribution is -2.54. The van der Waals surface area contributed by atoms with Gasteiger partial charge >= 0.3 is 0 Å². The zero-order chi connectivity index (χ0) is 35.3. The number of nitrogens with one attached hydrogen (secondary N) is 1. The molecule has 0 bridgehead atoms. The number of benzene rings is 4. The topological polar surface area (TPSA) is 105 Å². The normalized spacial score (nSPS) is 14.9. The Morgan fingerprint density at radius 2 is 1.58 bits per heavy atom. The van der Waals surface area contributed by atoms with E-state index in [0.717, 1.165) is 47.7 Å². The second-order valence-corrected chi connectivity index (χ2v) is 15.0. The van der Waals surface area contributed by atoms with E-state index in [1.54, 1.807) is 18.2 Å². The number of amides is 2. The number of fused-ring (bicyclic) bond motifs is 1. The largest absolute Gasteiger partial charge is 0.486 e. The third-order valence-corrected chi connectivity index (χ3v) is 11.2. The van der Waals surface area contributed by atoms with E-state index in [0.29, 0.717) is 22.9 Å². The number of sulfonamides is 1. The average molecular weight is 741 g/mol. The molecule has 0 aromatic heterocycles. The second kappa shape index (κ2) is 15.7. The first kappa shape index (κ1) is 35.5. The summed E-state index contributed by atoms with van der Waals surface area (Å²) in [6.07, 6.45) is 3.78. The molecule has 262 valence electrons. The standard InChI is InChI=1S/C37H36Cl2FN3O6S/c38-27-11-10-26(32(39)21-27)23-42(33(20-25-6-2-1-3-7-25)37(45)41-29-8-4-5-9-29)36(44)24-43(30-14-12-28(40)13-15-30)50(46,47)31-16-17-34-35(22-31)49-19-18-48-34/h1-3,6-7,10-17,21-22,29,33H,4-5,8-9,18-20,23-24H2,(H,41,45). The Morgan fingerprint density at radius 1 is 0.880 bits per heavy atom. The first-order valence-electron chi connectivity index (χ1n) is 16.3. The first-order valence-corrected chi connectivity index (χ1v) is 18.5. The van der Waals surface area contributed by atoms with Crippen LogP contribution < -0.4 is 19.1 Å². The Kier molecular flexibility index (Phi) is 11.2. The molecule has 2 amide bonds. The van der Waals surface area contributed by atoms with Crippen LogP contribution in [-0.4, -0.2) is 57.0 Å². The number of rotatable bonds is 12. The fourth-order valence-corrected chi connectivity index (χ4v) is 8.10. The lowest BCUT2D eigenvalue weighted by Gasteiger charge is -2.34. The average Bonchev–Trinajstić information content (AvgIpc) is 3.63. The van der Waals surface area contributed by atoms with Gasteiger partial charge in [0.1, 0.15) is 31.6 Å². The van der Waals surface area contributed by atoms with Gasteiger partial charge in [-0.05, 0) is 72.5 Å². The molecular weight excluding hydrogens is 704 g/mol. The third-order valence-electron chi connectivity index (χ3n) is 8.82. The molecule has 6 rings (SSSR count). The van der Waals surface area contributed by atoms with Crippen LogP contribution in [0.2, 0.25) is 10.0 Å². The summed E-state index contributed by atoms with van der Waals surface area (Å²) in [5.41, 5.74) is 1.37. The van der Waals surface area contributed by atoms with Crippen LogP contribution in [0.1, 0.15) is 36.8 Å². The summed E-state index contributed by atoms with van der Waals surface area (Å²) in [4.78, 5) is 30.1. The van der Waals surface area contributed by atoms with Gasteiger partial charge in [0.2, 0.25) is 11.8 Å². The number of hydrogen-bond donors (Lipinski definition) is 1. The van der Waals surface area contributed by atoms with Gasteiger partial charge in [0.05, 0.1) is 10.6 Å². The molecule has 9 nitrogen and oxygen atoms in total. The van der Waals surface area contributed by atoms with Crippen LogP contribution in [0.15, 0.2) is 95.9 Å². The molecule has 0 radical (unpaired) electrons. The molecule has 1 saturated carbocycles. The number of halogens is 3. The maximum Gasteiger partial charge on any atom is 0.264 e. The number of carbonyl (C=O) groups is 2. The minimum atomic E-state index is -4.46. The summed E-state index contributed by atoms with van der Waals surface area (Å²) in [6, 6.07) is 22.0. The fourth-order valence-electron chi connectivity index (χ4n) is 6.20. The highest BCUT2D eigenvalue weighted by atomic mass is 35.5. The van der Waals surface area contributed by atoms with Crippen LogP contribution in [0.3, 0.4) is 0 Å². The molecule has 1 fully saturated rings. The Bertz CT molecular complexity index is 1940. The van der Waals surface area contributed by atoms with Crippen LogP contribution >= 0.6 is 23.2 Å². The molecule has 4 aromatic rings. The predicted octanol–water partition coefficient (Wildman–Crippen LogP) is 6.80. The number of carbonyl (C=O) groups excluding carboxylic acids is 2. The van der Waals surface area contributed by atoms with E-state index in [2.05, 4.69) is 5.32 Å². The molecule has 50 heavy (non-hydrogen) atoms. The molecule has 13 heteroatoms. The second-order valence-electron chi connectivity index (χ2n) is 12.2. The molecule has 1 heterocycles. The number of ether oxygens (including phenoxy) is 2. The number of nitrogens with zero attached hydrogens (tertiary/aromatic N) is 2. The van der Waals surface area contributed by atoms with E-state index in [1.807, 2.05) is 30.3 Å². The molecule has 1 atom stereocenters. The third kappa shape index (κ3) is 8.34.